The summed E-state index contributed by atoms with van der Waals surface area (Å²) in [6, 6.07) is 5.48. The second-order valence-corrected chi connectivity index (χ2v) is 9.47. The summed E-state index contributed by atoms with van der Waals surface area (Å²) in [5.41, 5.74) is 0.998. The first-order valence-corrected chi connectivity index (χ1v) is 11.5. The molecule has 10 heteroatoms. The van der Waals surface area contributed by atoms with E-state index < -0.39 is 11.3 Å². The molecule has 2 aliphatic heterocycles. The molecule has 2 aliphatic rings. The van der Waals surface area contributed by atoms with Crippen LogP contribution >= 0.6 is 11.6 Å². The van der Waals surface area contributed by atoms with Crippen molar-refractivity contribution in [3.05, 3.63) is 55.4 Å². The van der Waals surface area contributed by atoms with Gasteiger partial charge in [-0.2, -0.15) is 0 Å². The lowest BCUT2D eigenvalue weighted by atomic mass is 9.90. The number of halogens is 1. The average molecular weight is 472 g/mol. The third-order valence-corrected chi connectivity index (χ3v) is 7.07. The summed E-state index contributed by atoms with van der Waals surface area (Å²) in [5.74, 6) is 1.20. The molecule has 0 bridgehead atoms. The molecule has 1 spiro atoms. The standard InChI is InChI=1S/C23H26ClN5O4/c1-27-20(31)15-13-23(33-21(15)28(2)22(27)32)8-3-10-29(11-9-23)19(30)7-6-18-25-16-5-4-14(24)12-17(16)26-18/h4-5,12H,3,6-11,13H2,1-2H3,(H,25,26)/t23-/m1/s1. The van der Waals surface area contributed by atoms with E-state index in [1.54, 1.807) is 13.1 Å². The first kappa shape index (κ1) is 21.8. The summed E-state index contributed by atoms with van der Waals surface area (Å²) in [7, 11) is 3.11. The fourth-order valence-corrected chi connectivity index (χ4v) is 5.14. The fourth-order valence-electron chi connectivity index (χ4n) is 4.97. The molecule has 0 radical (unpaired) electrons. The molecule has 1 saturated heterocycles. The predicted octanol–water partition coefficient (Wildman–Crippen LogP) is 1.93. The van der Waals surface area contributed by atoms with E-state index in [0.29, 0.717) is 55.2 Å². The van der Waals surface area contributed by atoms with E-state index in [4.69, 9.17) is 16.3 Å². The number of nitrogens with zero attached hydrogens (tertiary/aromatic N) is 4. The van der Waals surface area contributed by atoms with E-state index in [9.17, 15) is 14.4 Å². The van der Waals surface area contributed by atoms with Crippen molar-refractivity contribution < 1.29 is 9.53 Å². The molecule has 1 amide bonds. The number of carbonyl (C=O) groups excluding carboxylic acids is 1. The SMILES string of the molecule is Cn1c2c(c(=O)n(C)c1=O)C[C@]1(CCCN(C(=O)CCc3nc4ccc(Cl)cc4[nH]3)CC1)O2. The van der Waals surface area contributed by atoms with Crippen LogP contribution < -0.4 is 16.0 Å². The number of aromatic amines is 1. The van der Waals surface area contributed by atoms with Gasteiger partial charge in [0.25, 0.3) is 5.56 Å². The van der Waals surface area contributed by atoms with Crippen LogP contribution in [0.1, 0.15) is 37.1 Å². The minimum absolute atomic E-state index is 0.0735. The van der Waals surface area contributed by atoms with Gasteiger partial charge < -0.3 is 14.6 Å². The van der Waals surface area contributed by atoms with Crippen LogP contribution in [-0.4, -0.2) is 48.6 Å². The van der Waals surface area contributed by atoms with E-state index in [-0.39, 0.29) is 11.5 Å². The van der Waals surface area contributed by atoms with E-state index in [2.05, 4.69) is 9.97 Å². The molecule has 9 nitrogen and oxygen atoms in total. The molecule has 1 N–H and O–H groups in total. The summed E-state index contributed by atoms with van der Waals surface area (Å²) in [6.45, 7) is 1.20. The average Bonchev–Trinajstić information content (AvgIpc) is 3.31. The van der Waals surface area contributed by atoms with Gasteiger partial charge in [0, 0.05) is 57.9 Å². The van der Waals surface area contributed by atoms with Gasteiger partial charge in [-0.05, 0) is 31.0 Å². The van der Waals surface area contributed by atoms with E-state index >= 15 is 0 Å². The maximum Gasteiger partial charge on any atom is 0.333 e. The Morgan fingerprint density at radius 1 is 1.21 bits per heavy atom. The number of aromatic nitrogens is 4. The summed E-state index contributed by atoms with van der Waals surface area (Å²) in [5, 5.41) is 0.640. The monoisotopic (exact) mass is 471 g/mol. The molecular formula is C23H26ClN5O4. The molecule has 5 rings (SSSR count). The number of amides is 1. The van der Waals surface area contributed by atoms with Gasteiger partial charge in [-0.3, -0.25) is 18.7 Å². The Hall–Kier alpha value is -3.07. The van der Waals surface area contributed by atoms with E-state index in [0.717, 1.165) is 34.3 Å². The Kier molecular flexibility index (Phi) is 5.31. The highest BCUT2D eigenvalue weighted by Crippen LogP contribution is 2.38. The molecule has 0 unspecified atom stereocenters. The molecule has 1 fully saturated rings. The van der Waals surface area contributed by atoms with Crippen LogP contribution in [0.5, 0.6) is 5.88 Å². The second kappa shape index (κ2) is 8.06. The molecule has 1 atom stereocenters. The van der Waals surface area contributed by atoms with Gasteiger partial charge in [0.2, 0.25) is 11.8 Å². The van der Waals surface area contributed by atoms with Crippen molar-refractivity contribution in [3.63, 3.8) is 0 Å². The van der Waals surface area contributed by atoms with E-state index in [1.807, 2.05) is 17.0 Å². The lowest BCUT2D eigenvalue weighted by molar-refractivity contribution is -0.131. The first-order valence-electron chi connectivity index (χ1n) is 11.2. The molecule has 174 valence electrons. The van der Waals surface area contributed by atoms with Gasteiger partial charge in [-0.1, -0.05) is 11.6 Å². The van der Waals surface area contributed by atoms with Gasteiger partial charge in [0.05, 0.1) is 16.6 Å². The van der Waals surface area contributed by atoms with Crippen LogP contribution in [0.2, 0.25) is 5.02 Å². The molecule has 1 aromatic carbocycles. The van der Waals surface area contributed by atoms with Crippen molar-refractivity contribution in [2.24, 2.45) is 14.1 Å². The highest BCUT2D eigenvalue weighted by Gasteiger charge is 2.44. The molecule has 0 aliphatic carbocycles. The summed E-state index contributed by atoms with van der Waals surface area (Å²) in [6.07, 6.45) is 3.47. The largest absolute Gasteiger partial charge is 0.471 e. The minimum Gasteiger partial charge on any atom is -0.471 e. The number of nitrogens with one attached hydrogen (secondary N) is 1. The van der Waals surface area contributed by atoms with Crippen molar-refractivity contribution in [3.8, 4) is 5.88 Å². The van der Waals surface area contributed by atoms with Gasteiger partial charge in [-0.15, -0.1) is 0 Å². The van der Waals surface area contributed by atoms with Crippen molar-refractivity contribution in [2.75, 3.05) is 13.1 Å². The fraction of sp³-hybridized carbons (Fsp3) is 0.478. The molecule has 2 aromatic heterocycles. The minimum atomic E-state index is -0.549. The molecule has 3 aromatic rings. The topological polar surface area (TPSA) is 102 Å². The number of likely N-dealkylation sites (tertiary alicyclic amines) is 1. The van der Waals surface area contributed by atoms with Crippen LogP contribution in [0.4, 0.5) is 0 Å². The van der Waals surface area contributed by atoms with Gasteiger partial charge in [0.15, 0.2) is 0 Å². The molecule has 4 heterocycles. The summed E-state index contributed by atoms with van der Waals surface area (Å²) in [4.78, 5) is 47.5. The van der Waals surface area contributed by atoms with Crippen LogP contribution in [0.15, 0.2) is 27.8 Å². The Morgan fingerprint density at radius 2 is 2.03 bits per heavy atom. The van der Waals surface area contributed by atoms with E-state index in [1.165, 1.54) is 11.6 Å². The number of imidazole rings is 1. The zero-order chi connectivity index (χ0) is 23.3. The number of aryl methyl sites for hydroxylation is 1. The Morgan fingerprint density at radius 3 is 2.85 bits per heavy atom. The lowest BCUT2D eigenvalue weighted by Crippen LogP contribution is -2.38. The highest BCUT2D eigenvalue weighted by atomic mass is 35.5. The van der Waals surface area contributed by atoms with Crippen molar-refractivity contribution in [1.82, 2.24) is 24.0 Å². The number of ether oxygens (including phenoxy) is 1. The Balaban J connectivity index is 1.25. The normalized spacial score (nSPS) is 20.2. The number of H-pyrrole nitrogens is 1. The van der Waals surface area contributed by atoms with Crippen molar-refractivity contribution >= 4 is 28.5 Å². The number of carbonyl (C=O) groups is 1. The number of fused-ring (bicyclic) bond motifs is 2. The molecular weight excluding hydrogens is 446 g/mol. The van der Waals surface area contributed by atoms with Crippen LogP contribution in [0.3, 0.4) is 0 Å². The highest BCUT2D eigenvalue weighted by molar-refractivity contribution is 6.31. The number of hydrogen-bond donors (Lipinski definition) is 1. The van der Waals surface area contributed by atoms with Gasteiger partial charge in [-0.25, -0.2) is 9.78 Å². The van der Waals surface area contributed by atoms with Crippen LogP contribution in [0, 0.1) is 0 Å². The quantitative estimate of drug-likeness (QED) is 0.629. The van der Waals surface area contributed by atoms with Crippen LogP contribution in [0.25, 0.3) is 11.0 Å². The van der Waals surface area contributed by atoms with Gasteiger partial charge >= 0.3 is 5.69 Å². The number of benzene rings is 1. The van der Waals surface area contributed by atoms with Crippen molar-refractivity contribution in [1.29, 1.82) is 0 Å². The first-order chi connectivity index (χ1) is 15.8. The Labute approximate surface area is 194 Å². The van der Waals surface area contributed by atoms with Gasteiger partial charge in [0.1, 0.15) is 11.4 Å². The summed E-state index contributed by atoms with van der Waals surface area (Å²) >= 11 is 6.03. The molecule has 33 heavy (non-hydrogen) atoms. The van der Waals surface area contributed by atoms with Crippen LogP contribution in [-0.2, 0) is 31.7 Å². The third kappa shape index (κ3) is 3.84. The smallest absolute Gasteiger partial charge is 0.333 e. The second-order valence-electron chi connectivity index (χ2n) is 9.03. The maximum atomic E-state index is 12.9. The lowest BCUT2D eigenvalue weighted by Gasteiger charge is -2.27. The third-order valence-electron chi connectivity index (χ3n) is 6.83. The number of hydrogen-bond acceptors (Lipinski definition) is 5. The van der Waals surface area contributed by atoms with Crippen molar-refractivity contribution in [2.45, 2.75) is 44.1 Å². The zero-order valence-electron chi connectivity index (χ0n) is 18.7. The maximum absolute atomic E-state index is 12.9. The predicted molar refractivity (Wildman–Crippen MR) is 124 cm³/mol. The zero-order valence-corrected chi connectivity index (χ0v) is 19.4. The molecule has 0 saturated carbocycles. The Bertz CT molecular complexity index is 1370. The number of rotatable bonds is 3. The summed E-state index contributed by atoms with van der Waals surface area (Å²) < 4.78 is 8.78.